The summed E-state index contributed by atoms with van der Waals surface area (Å²) in [4.78, 5) is 38.2. The highest BCUT2D eigenvalue weighted by molar-refractivity contribution is 7.99. The molecule has 0 aliphatic heterocycles. The molecule has 0 spiro atoms. The number of thioether (sulfide) groups is 1. The molecule has 8 heteroatoms. The Kier molecular flexibility index (Phi) is 10.6. The quantitative estimate of drug-likeness (QED) is 0.204. The van der Waals surface area contributed by atoms with Crippen LogP contribution in [-0.4, -0.2) is 37.3 Å². The standard InChI is InChI=1S/C29H28N2O5S/c1-3-36-27(32)10-7-19-37-25-17-13-23(14-18-25)30-29(34)26(20-21-11-15-24(35-2)16-12-21)31-28(33)22-8-5-4-6-9-22/h4-18,20H,3,19H2,1-2H3,(H,30,34)(H,31,33)/b10-7+,26-20-. The summed E-state index contributed by atoms with van der Waals surface area (Å²) in [6, 6.07) is 23.1. The molecule has 7 nitrogen and oxygen atoms in total. The molecule has 0 unspecified atom stereocenters. The van der Waals surface area contributed by atoms with Crippen molar-refractivity contribution in [2.24, 2.45) is 0 Å². The van der Waals surface area contributed by atoms with Crippen molar-refractivity contribution in [2.45, 2.75) is 11.8 Å². The van der Waals surface area contributed by atoms with Crippen LogP contribution in [-0.2, 0) is 14.3 Å². The zero-order valence-corrected chi connectivity index (χ0v) is 21.4. The van der Waals surface area contributed by atoms with E-state index in [-0.39, 0.29) is 11.7 Å². The minimum Gasteiger partial charge on any atom is -0.497 e. The van der Waals surface area contributed by atoms with E-state index < -0.39 is 11.8 Å². The van der Waals surface area contributed by atoms with Gasteiger partial charge >= 0.3 is 5.97 Å². The number of ether oxygens (including phenoxy) is 2. The monoisotopic (exact) mass is 516 g/mol. The Morgan fingerprint density at radius 1 is 0.919 bits per heavy atom. The molecule has 0 fully saturated rings. The van der Waals surface area contributed by atoms with Crippen LogP contribution in [0, 0.1) is 0 Å². The molecule has 0 radical (unpaired) electrons. The molecule has 0 atom stereocenters. The SMILES string of the molecule is CCOC(=O)/C=C/CSc1ccc(NC(=O)/C(=C/c2ccc(OC)cc2)NC(=O)c2ccccc2)cc1. The average Bonchev–Trinajstić information content (AvgIpc) is 2.92. The molecule has 0 bridgehead atoms. The highest BCUT2D eigenvalue weighted by Gasteiger charge is 2.15. The first-order valence-corrected chi connectivity index (χ1v) is 12.6. The molecular weight excluding hydrogens is 488 g/mol. The minimum atomic E-state index is -0.460. The summed E-state index contributed by atoms with van der Waals surface area (Å²) in [5.74, 6) is 0.0750. The van der Waals surface area contributed by atoms with Crippen LogP contribution in [0.5, 0.6) is 5.75 Å². The molecule has 0 heterocycles. The van der Waals surface area contributed by atoms with Gasteiger partial charge in [-0.1, -0.05) is 36.4 Å². The van der Waals surface area contributed by atoms with E-state index in [0.29, 0.717) is 29.4 Å². The van der Waals surface area contributed by atoms with Crippen LogP contribution in [0.1, 0.15) is 22.8 Å². The fourth-order valence-electron chi connectivity index (χ4n) is 3.12. The second-order valence-corrected chi connectivity index (χ2v) is 8.69. The van der Waals surface area contributed by atoms with E-state index in [4.69, 9.17) is 9.47 Å². The number of carbonyl (C=O) groups is 3. The van der Waals surface area contributed by atoms with Crippen molar-refractivity contribution in [3.05, 3.63) is 108 Å². The van der Waals surface area contributed by atoms with E-state index in [0.717, 1.165) is 10.5 Å². The summed E-state index contributed by atoms with van der Waals surface area (Å²) in [7, 11) is 1.58. The van der Waals surface area contributed by atoms with E-state index >= 15 is 0 Å². The number of hydrogen-bond donors (Lipinski definition) is 2. The van der Waals surface area contributed by atoms with Gasteiger partial charge in [-0.05, 0) is 67.1 Å². The third-order valence-corrected chi connectivity index (χ3v) is 5.92. The van der Waals surface area contributed by atoms with Crippen LogP contribution in [0.2, 0.25) is 0 Å². The molecule has 0 aromatic heterocycles. The van der Waals surface area contributed by atoms with E-state index in [1.807, 2.05) is 18.2 Å². The molecule has 3 aromatic carbocycles. The first-order valence-electron chi connectivity index (χ1n) is 11.6. The van der Waals surface area contributed by atoms with Gasteiger partial charge in [-0.25, -0.2) is 4.79 Å². The second kappa shape index (κ2) is 14.3. The lowest BCUT2D eigenvalue weighted by atomic mass is 10.1. The number of methoxy groups -OCH3 is 1. The van der Waals surface area contributed by atoms with Crippen LogP contribution < -0.4 is 15.4 Å². The Labute approximate surface area is 220 Å². The summed E-state index contributed by atoms with van der Waals surface area (Å²) in [6.07, 6.45) is 4.76. The fraction of sp³-hybridized carbons (Fsp3) is 0.138. The molecular formula is C29H28N2O5S. The van der Waals surface area contributed by atoms with Gasteiger partial charge in [0.1, 0.15) is 11.4 Å². The molecule has 190 valence electrons. The predicted molar refractivity (Wildman–Crippen MR) is 146 cm³/mol. The highest BCUT2D eigenvalue weighted by atomic mass is 32.2. The molecule has 2 amide bonds. The molecule has 2 N–H and O–H groups in total. The van der Waals surface area contributed by atoms with Crippen molar-refractivity contribution < 1.29 is 23.9 Å². The van der Waals surface area contributed by atoms with Crippen molar-refractivity contribution in [1.82, 2.24) is 5.32 Å². The van der Waals surface area contributed by atoms with Crippen LogP contribution in [0.15, 0.2) is 102 Å². The van der Waals surface area contributed by atoms with Gasteiger partial charge < -0.3 is 20.1 Å². The van der Waals surface area contributed by atoms with Gasteiger partial charge in [0.15, 0.2) is 0 Å². The van der Waals surface area contributed by atoms with Gasteiger partial charge in [0.25, 0.3) is 11.8 Å². The Morgan fingerprint density at radius 3 is 2.27 bits per heavy atom. The zero-order chi connectivity index (χ0) is 26.5. The van der Waals surface area contributed by atoms with Gasteiger partial charge in [0.05, 0.1) is 13.7 Å². The Bertz CT molecular complexity index is 1250. The van der Waals surface area contributed by atoms with Crippen LogP contribution in [0.25, 0.3) is 6.08 Å². The van der Waals surface area contributed by atoms with E-state index in [2.05, 4.69) is 10.6 Å². The topological polar surface area (TPSA) is 93.7 Å². The van der Waals surface area contributed by atoms with Crippen molar-refractivity contribution in [3.63, 3.8) is 0 Å². The first-order chi connectivity index (χ1) is 18.0. The van der Waals surface area contributed by atoms with Gasteiger partial charge in [-0.2, -0.15) is 0 Å². The van der Waals surface area contributed by atoms with Crippen LogP contribution in [0.4, 0.5) is 5.69 Å². The fourth-order valence-corrected chi connectivity index (χ4v) is 3.83. The lowest BCUT2D eigenvalue weighted by Crippen LogP contribution is -2.30. The van der Waals surface area contributed by atoms with Crippen molar-refractivity contribution in [3.8, 4) is 5.75 Å². The van der Waals surface area contributed by atoms with Gasteiger partial charge in [0, 0.05) is 28.0 Å². The largest absolute Gasteiger partial charge is 0.497 e. The lowest BCUT2D eigenvalue weighted by Gasteiger charge is -2.12. The number of anilines is 1. The molecule has 3 rings (SSSR count). The maximum Gasteiger partial charge on any atom is 0.330 e. The molecule has 37 heavy (non-hydrogen) atoms. The number of rotatable bonds is 11. The zero-order valence-electron chi connectivity index (χ0n) is 20.6. The smallest absolute Gasteiger partial charge is 0.330 e. The third-order valence-electron chi connectivity index (χ3n) is 4.95. The summed E-state index contributed by atoms with van der Waals surface area (Å²) >= 11 is 1.54. The van der Waals surface area contributed by atoms with Crippen LogP contribution in [0.3, 0.4) is 0 Å². The van der Waals surface area contributed by atoms with Crippen molar-refractivity contribution in [1.29, 1.82) is 0 Å². The predicted octanol–water partition coefficient (Wildman–Crippen LogP) is 5.32. The molecule has 0 saturated heterocycles. The Morgan fingerprint density at radius 2 is 1.62 bits per heavy atom. The second-order valence-electron chi connectivity index (χ2n) is 7.60. The number of amides is 2. The van der Waals surface area contributed by atoms with Crippen LogP contribution >= 0.6 is 11.8 Å². The van der Waals surface area contributed by atoms with Crippen molar-refractivity contribution in [2.75, 3.05) is 24.8 Å². The average molecular weight is 517 g/mol. The summed E-state index contributed by atoms with van der Waals surface area (Å²) in [5.41, 5.74) is 1.84. The molecule has 0 aliphatic carbocycles. The lowest BCUT2D eigenvalue weighted by molar-refractivity contribution is -0.137. The number of benzene rings is 3. The van der Waals surface area contributed by atoms with Gasteiger partial charge in [-0.15, -0.1) is 11.8 Å². The summed E-state index contributed by atoms with van der Waals surface area (Å²) in [6.45, 7) is 2.10. The molecule has 0 aliphatic rings. The Balaban J connectivity index is 1.69. The maximum atomic E-state index is 13.1. The molecule has 3 aromatic rings. The Hall–Kier alpha value is -4.30. The van der Waals surface area contributed by atoms with Gasteiger partial charge in [0.2, 0.25) is 0 Å². The maximum absolute atomic E-state index is 13.1. The van der Waals surface area contributed by atoms with Gasteiger partial charge in [-0.3, -0.25) is 9.59 Å². The van der Waals surface area contributed by atoms with E-state index in [1.165, 1.54) is 17.8 Å². The normalized spacial score (nSPS) is 11.1. The van der Waals surface area contributed by atoms with E-state index in [9.17, 15) is 14.4 Å². The number of hydrogen-bond acceptors (Lipinski definition) is 6. The minimum absolute atomic E-state index is 0.0987. The number of nitrogens with one attached hydrogen (secondary N) is 2. The molecule has 0 saturated carbocycles. The third kappa shape index (κ3) is 9.01. The first kappa shape index (κ1) is 27.3. The highest BCUT2D eigenvalue weighted by Crippen LogP contribution is 2.21. The number of esters is 1. The summed E-state index contributed by atoms with van der Waals surface area (Å²) < 4.78 is 10.0. The van der Waals surface area contributed by atoms with E-state index in [1.54, 1.807) is 86.8 Å². The number of carbonyl (C=O) groups excluding carboxylic acids is 3. The van der Waals surface area contributed by atoms with Crippen molar-refractivity contribution >= 4 is 41.3 Å². The summed E-state index contributed by atoms with van der Waals surface area (Å²) in [5, 5.41) is 5.56.